The van der Waals surface area contributed by atoms with E-state index in [1.807, 2.05) is 6.92 Å². The predicted octanol–water partition coefficient (Wildman–Crippen LogP) is 1.77. The highest BCUT2D eigenvalue weighted by molar-refractivity contribution is 5.55. The summed E-state index contributed by atoms with van der Waals surface area (Å²) in [5, 5.41) is 20.9. The molecular weight excluding hydrogens is 202 g/mol. The lowest BCUT2D eigenvalue weighted by Gasteiger charge is -2.09. The normalized spacial score (nSPS) is 11.8. The summed E-state index contributed by atoms with van der Waals surface area (Å²) in [5.41, 5.74) is 1.40. The zero-order valence-corrected chi connectivity index (χ0v) is 9.48. The van der Waals surface area contributed by atoms with E-state index in [2.05, 4.69) is 16.4 Å². The number of aromatic nitrogens is 1. The largest absolute Gasteiger partial charge is 0.396 e. The van der Waals surface area contributed by atoms with Gasteiger partial charge < -0.3 is 10.4 Å². The highest BCUT2D eigenvalue weighted by Gasteiger charge is 2.02. The Morgan fingerprint density at radius 1 is 1.62 bits per heavy atom. The van der Waals surface area contributed by atoms with Gasteiger partial charge in [-0.3, -0.25) is 4.98 Å². The molecule has 1 heterocycles. The van der Waals surface area contributed by atoms with Gasteiger partial charge in [-0.15, -0.1) is 0 Å². The second-order valence-electron chi connectivity index (χ2n) is 3.89. The first-order chi connectivity index (χ1) is 7.77. The topological polar surface area (TPSA) is 68.9 Å². The zero-order valence-electron chi connectivity index (χ0n) is 9.48. The molecule has 0 radical (unpaired) electrons. The summed E-state index contributed by atoms with van der Waals surface area (Å²) in [4.78, 5) is 3.97. The summed E-state index contributed by atoms with van der Waals surface area (Å²) in [5.74, 6) is 0.339. The maximum atomic E-state index is 8.86. The summed E-state index contributed by atoms with van der Waals surface area (Å²) in [6, 6.07) is 3.81. The number of aliphatic hydroxyl groups is 1. The van der Waals surface area contributed by atoms with Gasteiger partial charge in [-0.1, -0.05) is 6.92 Å². The fourth-order valence-electron chi connectivity index (χ4n) is 1.40. The average Bonchev–Trinajstić information content (AvgIpc) is 2.34. The fraction of sp³-hybridized carbons (Fsp3) is 0.500. The van der Waals surface area contributed by atoms with Crippen molar-refractivity contribution < 1.29 is 5.11 Å². The summed E-state index contributed by atoms with van der Waals surface area (Å²) in [6.07, 6.45) is 5.22. The highest BCUT2D eigenvalue weighted by atomic mass is 16.3. The monoisotopic (exact) mass is 219 g/mol. The standard InChI is InChI=1S/C12H17N3O/c1-10(9-16)3-2-5-15-12-8-14-6-4-11(12)7-13/h4,6,8,10,15-16H,2-3,5,9H2,1H3. The Morgan fingerprint density at radius 2 is 2.44 bits per heavy atom. The van der Waals surface area contributed by atoms with Crippen LogP contribution in [-0.2, 0) is 0 Å². The Kier molecular flexibility index (Phi) is 5.30. The molecule has 4 nitrogen and oxygen atoms in total. The van der Waals surface area contributed by atoms with Crippen molar-refractivity contribution in [2.75, 3.05) is 18.5 Å². The highest BCUT2D eigenvalue weighted by Crippen LogP contribution is 2.12. The average molecular weight is 219 g/mol. The summed E-state index contributed by atoms with van der Waals surface area (Å²) < 4.78 is 0. The smallest absolute Gasteiger partial charge is 0.101 e. The maximum Gasteiger partial charge on any atom is 0.101 e. The quantitative estimate of drug-likeness (QED) is 0.715. The molecule has 86 valence electrons. The predicted molar refractivity (Wildman–Crippen MR) is 62.9 cm³/mol. The molecule has 1 aromatic heterocycles. The molecular formula is C12H17N3O. The van der Waals surface area contributed by atoms with E-state index in [0.717, 1.165) is 25.1 Å². The van der Waals surface area contributed by atoms with Crippen LogP contribution in [-0.4, -0.2) is 23.2 Å². The molecule has 1 atom stereocenters. The molecule has 16 heavy (non-hydrogen) atoms. The first-order valence-electron chi connectivity index (χ1n) is 5.46. The summed E-state index contributed by atoms with van der Waals surface area (Å²) in [7, 11) is 0. The van der Waals surface area contributed by atoms with Crippen LogP contribution in [0.2, 0.25) is 0 Å². The number of pyridine rings is 1. The third-order valence-electron chi connectivity index (χ3n) is 2.44. The number of rotatable bonds is 6. The lowest BCUT2D eigenvalue weighted by atomic mass is 10.1. The van der Waals surface area contributed by atoms with Gasteiger partial charge in [0.1, 0.15) is 6.07 Å². The lowest BCUT2D eigenvalue weighted by molar-refractivity contribution is 0.229. The Morgan fingerprint density at radius 3 is 3.12 bits per heavy atom. The molecule has 0 aliphatic heterocycles. The van der Waals surface area contributed by atoms with E-state index in [-0.39, 0.29) is 6.61 Å². The van der Waals surface area contributed by atoms with Gasteiger partial charge in [-0.25, -0.2) is 0 Å². The molecule has 1 aromatic rings. The van der Waals surface area contributed by atoms with Crippen molar-refractivity contribution in [3.8, 4) is 6.07 Å². The van der Waals surface area contributed by atoms with E-state index < -0.39 is 0 Å². The molecule has 0 spiro atoms. The van der Waals surface area contributed by atoms with Crippen molar-refractivity contribution in [2.24, 2.45) is 5.92 Å². The number of nitriles is 1. The van der Waals surface area contributed by atoms with Gasteiger partial charge in [0.2, 0.25) is 0 Å². The molecule has 0 aliphatic rings. The summed E-state index contributed by atoms with van der Waals surface area (Å²) in [6.45, 7) is 3.05. The number of aliphatic hydroxyl groups excluding tert-OH is 1. The third-order valence-corrected chi connectivity index (χ3v) is 2.44. The van der Waals surface area contributed by atoms with Crippen molar-refractivity contribution in [1.82, 2.24) is 4.98 Å². The van der Waals surface area contributed by atoms with Crippen molar-refractivity contribution in [3.05, 3.63) is 24.0 Å². The second kappa shape index (κ2) is 6.81. The number of hydrogen-bond acceptors (Lipinski definition) is 4. The van der Waals surface area contributed by atoms with Crippen molar-refractivity contribution in [1.29, 1.82) is 5.26 Å². The molecule has 1 rings (SSSR count). The van der Waals surface area contributed by atoms with Crippen molar-refractivity contribution >= 4 is 5.69 Å². The first kappa shape index (κ1) is 12.5. The fourth-order valence-corrected chi connectivity index (χ4v) is 1.40. The Bertz CT molecular complexity index is 360. The molecule has 0 fully saturated rings. The minimum Gasteiger partial charge on any atom is -0.396 e. The second-order valence-corrected chi connectivity index (χ2v) is 3.89. The van der Waals surface area contributed by atoms with Crippen LogP contribution in [0.4, 0.5) is 5.69 Å². The van der Waals surface area contributed by atoms with Gasteiger partial charge in [0.05, 0.1) is 17.4 Å². The van der Waals surface area contributed by atoms with Crippen LogP contribution in [0.5, 0.6) is 0 Å². The van der Waals surface area contributed by atoms with E-state index in [1.165, 1.54) is 0 Å². The Labute approximate surface area is 95.9 Å². The minimum atomic E-state index is 0.232. The van der Waals surface area contributed by atoms with Crippen LogP contribution in [0.1, 0.15) is 25.3 Å². The number of nitrogens with zero attached hydrogens (tertiary/aromatic N) is 2. The van der Waals surface area contributed by atoms with Crippen LogP contribution in [0.25, 0.3) is 0 Å². The van der Waals surface area contributed by atoms with Gasteiger partial charge in [-0.05, 0) is 24.8 Å². The van der Waals surface area contributed by atoms with E-state index in [9.17, 15) is 0 Å². The number of anilines is 1. The molecule has 0 bridgehead atoms. The van der Waals surface area contributed by atoms with Crippen LogP contribution in [0.3, 0.4) is 0 Å². The van der Waals surface area contributed by atoms with Crippen LogP contribution >= 0.6 is 0 Å². The van der Waals surface area contributed by atoms with E-state index in [4.69, 9.17) is 10.4 Å². The van der Waals surface area contributed by atoms with E-state index >= 15 is 0 Å². The minimum absolute atomic E-state index is 0.232. The molecule has 1 unspecified atom stereocenters. The van der Waals surface area contributed by atoms with Gasteiger partial charge in [0.15, 0.2) is 0 Å². The van der Waals surface area contributed by atoms with Crippen molar-refractivity contribution in [2.45, 2.75) is 19.8 Å². The van der Waals surface area contributed by atoms with Gasteiger partial charge in [0, 0.05) is 19.3 Å². The molecule has 0 aliphatic carbocycles. The van der Waals surface area contributed by atoms with Crippen LogP contribution < -0.4 is 5.32 Å². The Balaban J connectivity index is 2.35. The molecule has 4 heteroatoms. The molecule has 2 N–H and O–H groups in total. The maximum absolute atomic E-state index is 8.86. The van der Waals surface area contributed by atoms with Crippen molar-refractivity contribution in [3.63, 3.8) is 0 Å². The lowest BCUT2D eigenvalue weighted by Crippen LogP contribution is -2.07. The third kappa shape index (κ3) is 3.87. The molecule has 0 aromatic carbocycles. The molecule has 0 saturated heterocycles. The van der Waals surface area contributed by atoms with Gasteiger partial charge >= 0.3 is 0 Å². The van der Waals surface area contributed by atoms with Gasteiger partial charge in [0.25, 0.3) is 0 Å². The van der Waals surface area contributed by atoms with E-state index in [1.54, 1.807) is 18.5 Å². The van der Waals surface area contributed by atoms with Gasteiger partial charge in [-0.2, -0.15) is 5.26 Å². The first-order valence-corrected chi connectivity index (χ1v) is 5.46. The summed E-state index contributed by atoms with van der Waals surface area (Å²) >= 11 is 0. The Hall–Kier alpha value is -1.60. The zero-order chi connectivity index (χ0) is 11.8. The van der Waals surface area contributed by atoms with Crippen LogP contribution in [0, 0.1) is 17.2 Å². The van der Waals surface area contributed by atoms with E-state index in [0.29, 0.717) is 11.5 Å². The number of hydrogen-bond donors (Lipinski definition) is 2. The SMILES string of the molecule is CC(CO)CCCNc1cnccc1C#N. The van der Waals surface area contributed by atoms with Crippen LogP contribution in [0.15, 0.2) is 18.5 Å². The number of nitrogens with one attached hydrogen (secondary N) is 1. The molecule has 0 amide bonds. The molecule has 0 saturated carbocycles.